The van der Waals surface area contributed by atoms with E-state index in [0.29, 0.717) is 39.2 Å². The molecule has 0 aliphatic carbocycles. The first-order valence-electron chi connectivity index (χ1n) is 9.78. The second-order valence-corrected chi connectivity index (χ2v) is 7.98. The molecule has 29 heavy (non-hydrogen) atoms. The lowest BCUT2D eigenvalue weighted by atomic mass is 9.98. The minimum Gasteiger partial charge on any atom is -0.495 e. The smallest absolute Gasteiger partial charge is 0.282 e. The fourth-order valence-corrected chi connectivity index (χ4v) is 4.24. The number of carbonyl (C=O) groups excluding carboxylic acids is 2. The molecule has 2 amide bonds. The fourth-order valence-electron chi connectivity index (χ4n) is 4.11. The van der Waals surface area contributed by atoms with Gasteiger partial charge in [-0.1, -0.05) is 42.8 Å². The van der Waals surface area contributed by atoms with Crippen LogP contribution >= 0.6 is 11.6 Å². The van der Waals surface area contributed by atoms with Gasteiger partial charge >= 0.3 is 0 Å². The van der Waals surface area contributed by atoms with Gasteiger partial charge in [0.25, 0.3) is 11.8 Å². The van der Waals surface area contributed by atoms with Gasteiger partial charge in [-0.05, 0) is 48.6 Å². The summed E-state index contributed by atoms with van der Waals surface area (Å²) < 4.78 is 5.41. The van der Waals surface area contributed by atoms with Gasteiger partial charge in [0.1, 0.15) is 11.4 Å². The number of para-hydroxylation sites is 2. The molecule has 0 saturated carbocycles. The Balaban J connectivity index is 1.84. The summed E-state index contributed by atoms with van der Waals surface area (Å²) in [5.41, 5.74) is 2.04. The predicted molar refractivity (Wildman–Crippen MR) is 114 cm³/mol. The van der Waals surface area contributed by atoms with Crippen molar-refractivity contribution in [2.24, 2.45) is 5.92 Å². The molecule has 0 bridgehead atoms. The van der Waals surface area contributed by atoms with Crippen LogP contribution < -0.4 is 9.64 Å². The summed E-state index contributed by atoms with van der Waals surface area (Å²) in [7, 11) is 1.53. The third kappa shape index (κ3) is 3.51. The topological polar surface area (TPSA) is 49.9 Å². The highest BCUT2D eigenvalue weighted by molar-refractivity contribution is 6.45. The number of ether oxygens (including phenoxy) is 1. The summed E-state index contributed by atoms with van der Waals surface area (Å²) in [6.07, 6.45) is 2.12. The minimum absolute atomic E-state index is 0.307. The van der Waals surface area contributed by atoms with Gasteiger partial charge in [0.2, 0.25) is 0 Å². The van der Waals surface area contributed by atoms with Crippen LogP contribution in [0.25, 0.3) is 5.57 Å². The van der Waals surface area contributed by atoms with Crippen LogP contribution in [-0.2, 0) is 9.59 Å². The van der Waals surface area contributed by atoms with E-state index in [9.17, 15) is 9.59 Å². The number of piperidine rings is 1. The van der Waals surface area contributed by atoms with Crippen LogP contribution in [0.1, 0.15) is 25.3 Å². The molecule has 1 unspecified atom stereocenters. The summed E-state index contributed by atoms with van der Waals surface area (Å²) in [5.74, 6) is 0.303. The molecular weight excluding hydrogens is 388 g/mol. The Hall–Kier alpha value is -2.79. The summed E-state index contributed by atoms with van der Waals surface area (Å²) in [5, 5.41) is 0.584. The van der Waals surface area contributed by atoms with Crippen molar-refractivity contribution in [1.82, 2.24) is 4.90 Å². The Morgan fingerprint density at radius 2 is 1.76 bits per heavy atom. The Labute approximate surface area is 175 Å². The molecule has 5 nitrogen and oxygen atoms in total. The molecule has 2 aromatic carbocycles. The zero-order valence-corrected chi connectivity index (χ0v) is 17.3. The normalized spacial score (nSPS) is 19.9. The Bertz CT molecular complexity index is 984. The maximum absolute atomic E-state index is 13.6. The van der Waals surface area contributed by atoms with E-state index in [1.807, 2.05) is 6.07 Å². The van der Waals surface area contributed by atoms with E-state index < -0.39 is 0 Å². The number of methoxy groups -OCH3 is 1. The average molecular weight is 411 g/mol. The van der Waals surface area contributed by atoms with E-state index in [1.54, 1.807) is 42.5 Å². The zero-order valence-electron chi connectivity index (χ0n) is 16.5. The number of hydrogen-bond acceptors (Lipinski definition) is 4. The van der Waals surface area contributed by atoms with Crippen molar-refractivity contribution < 1.29 is 14.3 Å². The second kappa shape index (κ2) is 7.91. The van der Waals surface area contributed by atoms with E-state index in [2.05, 4.69) is 11.8 Å². The molecule has 2 aliphatic heterocycles. The molecule has 6 heteroatoms. The quantitative estimate of drug-likeness (QED) is 0.702. The number of imide groups is 1. The van der Waals surface area contributed by atoms with E-state index in [0.717, 1.165) is 25.9 Å². The van der Waals surface area contributed by atoms with E-state index in [1.165, 1.54) is 12.0 Å². The number of carbonyl (C=O) groups is 2. The zero-order chi connectivity index (χ0) is 20.5. The number of benzene rings is 2. The van der Waals surface area contributed by atoms with Gasteiger partial charge in [0.05, 0.1) is 18.4 Å². The third-order valence-electron chi connectivity index (χ3n) is 5.49. The number of nitrogens with zero attached hydrogens (tertiary/aromatic N) is 2. The number of halogens is 1. The predicted octanol–water partition coefficient (Wildman–Crippen LogP) is 4.37. The van der Waals surface area contributed by atoms with Crippen LogP contribution in [0.3, 0.4) is 0 Å². The standard InChI is InChI=1S/C23H23ClN2O3/c1-15-6-5-13-25(14-15)21-20(16-9-11-17(24)12-10-16)22(27)26(23(21)28)18-7-3-4-8-19(18)29-2/h3-4,7-12,15H,5-6,13-14H2,1-2H3. The van der Waals surface area contributed by atoms with Gasteiger partial charge in [0, 0.05) is 18.1 Å². The minimum atomic E-state index is -0.338. The molecule has 1 saturated heterocycles. The second-order valence-electron chi connectivity index (χ2n) is 7.54. The molecule has 0 spiro atoms. The highest BCUT2D eigenvalue weighted by Crippen LogP contribution is 2.39. The highest BCUT2D eigenvalue weighted by atomic mass is 35.5. The molecule has 2 heterocycles. The van der Waals surface area contributed by atoms with Crippen molar-refractivity contribution in [2.75, 3.05) is 25.1 Å². The number of anilines is 1. The van der Waals surface area contributed by atoms with E-state index in [4.69, 9.17) is 16.3 Å². The molecule has 0 aromatic heterocycles. The number of hydrogen-bond donors (Lipinski definition) is 0. The molecule has 0 radical (unpaired) electrons. The molecule has 4 rings (SSSR count). The number of rotatable bonds is 4. The maximum Gasteiger partial charge on any atom is 0.282 e. The molecular formula is C23H23ClN2O3. The monoisotopic (exact) mass is 410 g/mol. The van der Waals surface area contributed by atoms with Crippen LogP contribution in [0.4, 0.5) is 5.69 Å². The first-order valence-corrected chi connectivity index (χ1v) is 10.2. The van der Waals surface area contributed by atoms with E-state index >= 15 is 0 Å². The van der Waals surface area contributed by atoms with Crippen LogP contribution in [-0.4, -0.2) is 36.9 Å². The highest BCUT2D eigenvalue weighted by Gasteiger charge is 2.44. The largest absolute Gasteiger partial charge is 0.495 e. The molecule has 0 N–H and O–H groups in total. The van der Waals surface area contributed by atoms with Crippen molar-refractivity contribution in [3.63, 3.8) is 0 Å². The SMILES string of the molecule is COc1ccccc1N1C(=O)C(c2ccc(Cl)cc2)=C(N2CCCC(C)C2)C1=O. The number of amides is 2. The Morgan fingerprint density at radius 3 is 2.45 bits per heavy atom. The molecule has 1 atom stereocenters. The van der Waals surface area contributed by atoms with Crippen LogP contribution in [0.5, 0.6) is 5.75 Å². The molecule has 2 aromatic rings. The van der Waals surface area contributed by atoms with Gasteiger partial charge < -0.3 is 9.64 Å². The van der Waals surface area contributed by atoms with Gasteiger partial charge in [-0.2, -0.15) is 0 Å². The molecule has 150 valence electrons. The van der Waals surface area contributed by atoms with Crippen molar-refractivity contribution in [3.8, 4) is 5.75 Å². The van der Waals surface area contributed by atoms with Gasteiger partial charge in [-0.15, -0.1) is 0 Å². The third-order valence-corrected chi connectivity index (χ3v) is 5.74. The lowest BCUT2D eigenvalue weighted by Gasteiger charge is -2.33. The van der Waals surface area contributed by atoms with Gasteiger partial charge in [0.15, 0.2) is 0 Å². The average Bonchev–Trinajstić information content (AvgIpc) is 2.98. The Morgan fingerprint density at radius 1 is 1.03 bits per heavy atom. The summed E-state index contributed by atoms with van der Waals surface area (Å²) >= 11 is 6.05. The van der Waals surface area contributed by atoms with Crippen LogP contribution in [0, 0.1) is 5.92 Å². The summed E-state index contributed by atoms with van der Waals surface area (Å²) in [6, 6.07) is 14.2. The van der Waals surface area contributed by atoms with Crippen molar-refractivity contribution in [3.05, 3.63) is 64.8 Å². The molecule has 2 aliphatic rings. The molecule has 1 fully saturated rings. The first kappa shape index (κ1) is 19.5. The van der Waals surface area contributed by atoms with Gasteiger partial charge in [-0.25, -0.2) is 4.90 Å². The lowest BCUT2D eigenvalue weighted by molar-refractivity contribution is -0.120. The lowest BCUT2D eigenvalue weighted by Crippen LogP contribution is -2.39. The van der Waals surface area contributed by atoms with Crippen molar-refractivity contribution >= 4 is 34.7 Å². The summed E-state index contributed by atoms with van der Waals surface area (Å²) in [6.45, 7) is 3.69. The maximum atomic E-state index is 13.6. The number of likely N-dealkylation sites (tertiary alicyclic amines) is 1. The van der Waals surface area contributed by atoms with Crippen LogP contribution in [0.2, 0.25) is 5.02 Å². The van der Waals surface area contributed by atoms with Crippen molar-refractivity contribution in [1.29, 1.82) is 0 Å². The van der Waals surface area contributed by atoms with Gasteiger partial charge in [-0.3, -0.25) is 9.59 Å². The van der Waals surface area contributed by atoms with Crippen molar-refractivity contribution in [2.45, 2.75) is 19.8 Å². The van der Waals surface area contributed by atoms with Crippen LogP contribution in [0.15, 0.2) is 54.2 Å². The first-order chi connectivity index (χ1) is 14.0. The Kier molecular flexibility index (Phi) is 5.33. The van der Waals surface area contributed by atoms with E-state index in [-0.39, 0.29) is 11.8 Å². The summed E-state index contributed by atoms with van der Waals surface area (Å²) in [4.78, 5) is 30.4. The fraction of sp³-hybridized carbons (Fsp3) is 0.304.